The van der Waals surface area contributed by atoms with E-state index in [0.717, 1.165) is 12.8 Å². The van der Waals surface area contributed by atoms with Crippen LogP contribution in [0, 0.1) is 11.8 Å². The van der Waals surface area contributed by atoms with Gasteiger partial charge in [-0.25, -0.2) is 8.42 Å². The molecule has 0 aliphatic carbocycles. The fraction of sp³-hybridized carbons (Fsp3) is 0.846. The Morgan fingerprint density at radius 2 is 2.00 bits per heavy atom. The largest absolute Gasteiger partial charge is 0.356 e. The summed E-state index contributed by atoms with van der Waals surface area (Å²) in [4.78, 5) is 25.9. The number of hydrogen-bond acceptors (Lipinski definition) is 4. The third kappa shape index (κ3) is 3.50. The number of piperidine rings is 1. The van der Waals surface area contributed by atoms with Crippen molar-refractivity contribution < 1.29 is 18.0 Å². The molecule has 2 aliphatic heterocycles. The smallest absolute Gasteiger partial charge is 0.226 e. The highest BCUT2D eigenvalue weighted by Gasteiger charge is 2.37. The number of carbonyl (C=O) groups excluding carboxylic acids is 2. The topological polar surface area (TPSA) is 83.6 Å². The van der Waals surface area contributed by atoms with Crippen LogP contribution < -0.4 is 5.32 Å². The number of rotatable bonds is 3. The maximum absolute atomic E-state index is 12.3. The number of likely N-dealkylation sites (tertiary alicyclic amines) is 1. The number of hydrogen-bond donors (Lipinski definition) is 1. The summed E-state index contributed by atoms with van der Waals surface area (Å²) in [6.45, 7) is 3.50. The molecule has 6 nitrogen and oxygen atoms in total. The number of nitrogens with one attached hydrogen (secondary N) is 1. The van der Waals surface area contributed by atoms with Crippen molar-refractivity contribution in [1.82, 2.24) is 10.2 Å². The van der Waals surface area contributed by atoms with Gasteiger partial charge in [0, 0.05) is 19.6 Å². The summed E-state index contributed by atoms with van der Waals surface area (Å²) in [6, 6.07) is 0. The third-order valence-electron chi connectivity index (χ3n) is 4.04. The maximum atomic E-state index is 12.3. The Hall–Kier alpha value is -1.11. The molecule has 7 heteroatoms. The zero-order valence-electron chi connectivity index (χ0n) is 11.8. The van der Waals surface area contributed by atoms with Gasteiger partial charge >= 0.3 is 0 Å². The molecule has 0 unspecified atom stereocenters. The van der Waals surface area contributed by atoms with E-state index in [1.54, 1.807) is 4.90 Å². The quantitative estimate of drug-likeness (QED) is 0.782. The third-order valence-corrected chi connectivity index (χ3v) is 5.80. The molecule has 0 aromatic heterocycles. The molecule has 0 spiro atoms. The monoisotopic (exact) mass is 302 g/mol. The standard InChI is InChI=1S/C13H22N2O4S/c1-2-14-12(16)10-4-3-6-15(8-10)13(17)11-5-7-20(18,19)9-11/h10-11H,2-9H2,1H3,(H,14,16)/t10-,11-/m1/s1. The first-order valence-electron chi connectivity index (χ1n) is 7.20. The lowest BCUT2D eigenvalue weighted by Gasteiger charge is -2.33. The Morgan fingerprint density at radius 1 is 1.25 bits per heavy atom. The maximum Gasteiger partial charge on any atom is 0.226 e. The van der Waals surface area contributed by atoms with Crippen LogP contribution in [0.25, 0.3) is 0 Å². The van der Waals surface area contributed by atoms with E-state index in [1.165, 1.54) is 0 Å². The molecule has 0 radical (unpaired) electrons. The Bertz CT molecular complexity index is 489. The predicted octanol–water partition coefficient (Wildman–Crippen LogP) is -0.204. The van der Waals surface area contributed by atoms with Gasteiger partial charge in [-0.3, -0.25) is 9.59 Å². The molecule has 114 valence electrons. The van der Waals surface area contributed by atoms with Gasteiger partial charge in [-0.15, -0.1) is 0 Å². The highest BCUT2D eigenvalue weighted by Crippen LogP contribution is 2.24. The molecule has 2 fully saturated rings. The van der Waals surface area contributed by atoms with Gasteiger partial charge in [0.2, 0.25) is 11.8 Å². The molecular weight excluding hydrogens is 280 g/mol. The molecule has 2 heterocycles. The van der Waals surface area contributed by atoms with Gasteiger partial charge in [0.25, 0.3) is 0 Å². The Kier molecular flexibility index (Phi) is 4.67. The molecule has 2 atom stereocenters. The molecule has 0 aromatic carbocycles. The summed E-state index contributed by atoms with van der Waals surface area (Å²) in [6.07, 6.45) is 2.01. The molecule has 1 N–H and O–H groups in total. The van der Waals surface area contributed by atoms with Gasteiger partial charge in [-0.05, 0) is 26.2 Å². The second kappa shape index (κ2) is 6.11. The first-order chi connectivity index (χ1) is 9.43. The lowest BCUT2D eigenvalue weighted by atomic mass is 9.95. The normalized spacial score (nSPS) is 29.1. The minimum absolute atomic E-state index is 0.0101. The van der Waals surface area contributed by atoms with Crippen LogP contribution in [0.2, 0.25) is 0 Å². The first kappa shape index (κ1) is 15.3. The average molecular weight is 302 g/mol. The lowest BCUT2D eigenvalue weighted by molar-refractivity contribution is -0.138. The zero-order chi connectivity index (χ0) is 14.8. The van der Waals surface area contributed by atoms with E-state index in [2.05, 4.69) is 5.32 Å². The van der Waals surface area contributed by atoms with Crippen molar-refractivity contribution in [2.75, 3.05) is 31.1 Å². The van der Waals surface area contributed by atoms with E-state index in [-0.39, 0.29) is 29.2 Å². The van der Waals surface area contributed by atoms with Gasteiger partial charge in [-0.1, -0.05) is 0 Å². The summed E-state index contributed by atoms with van der Waals surface area (Å²) < 4.78 is 22.9. The van der Waals surface area contributed by atoms with Crippen molar-refractivity contribution in [3.8, 4) is 0 Å². The summed E-state index contributed by atoms with van der Waals surface area (Å²) in [5.74, 6) is -0.603. The van der Waals surface area contributed by atoms with E-state index in [4.69, 9.17) is 0 Å². The molecular formula is C13H22N2O4S. The fourth-order valence-corrected chi connectivity index (χ4v) is 4.69. The van der Waals surface area contributed by atoms with Crippen molar-refractivity contribution in [2.24, 2.45) is 11.8 Å². The predicted molar refractivity (Wildman–Crippen MR) is 74.7 cm³/mol. The molecule has 0 saturated carbocycles. The van der Waals surface area contributed by atoms with Gasteiger partial charge in [0.15, 0.2) is 9.84 Å². The van der Waals surface area contributed by atoms with Gasteiger partial charge in [-0.2, -0.15) is 0 Å². The highest BCUT2D eigenvalue weighted by atomic mass is 32.2. The summed E-state index contributed by atoms with van der Waals surface area (Å²) in [7, 11) is -3.04. The summed E-state index contributed by atoms with van der Waals surface area (Å²) >= 11 is 0. The SMILES string of the molecule is CCNC(=O)[C@@H]1CCCN(C(=O)[C@@H]2CCS(=O)(=O)C2)C1. The second-order valence-corrected chi connectivity index (χ2v) is 7.85. The van der Waals surface area contributed by atoms with E-state index >= 15 is 0 Å². The fourth-order valence-electron chi connectivity index (χ4n) is 2.96. The van der Waals surface area contributed by atoms with Crippen LogP contribution in [0.15, 0.2) is 0 Å². The minimum Gasteiger partial charge on any atom is -0.356 e. The van der Waals surface area contributed by atoms with Crippen molar-refractivity contribution in [3.63, 3.8) is 0 Å². The Morgan fingerprint density at radius 3 is 2.60 bits per heavy atom. The summed E-state index contributed by atoms with van der Waals surface area (Å²) in [5.41, 5.74) is 0. The molecule has 20 heavy (non-hydrogen) atoms. The van der Waals surface area contributed by atoms with E-state index in [0.29, 0.717) is 26.1 Å². The van der Waals surface area contributed by atoms with Crippen LogP contribution in [-0.4, -0.2) is 56.3 Å². The van der Waals surface area contributed by atoms with E-state index in [1.807, 2.05) is 6.92 Å². The van der Waals surface area contributed by atoms with Gasteiger partial charge in [0.1, 0.15) is 0 Å². The van der Waals surface area contributed by atoms with Gasteiger partial charge in [0.05, 0.1) is 23.3 Å². The van der Waals surface area contributed by atoms with E-state index in [9.17, 15) is 18.0 Å². The minimum atomic E-state index is -3.04. The van der Waals surface area contributed by atoms with Crippen molar-refractivity contribution >= 4 is 21.7 Å². The number of nitrogens with zero attached hydrogens (tertiary/aromatic N) is 1. The molecule has 0 aromatic rings. The number of sulfone groups is 1. The zero-order valence-corrected chi connectivity index (χ0v) is 12.6. The van der Waals surface area contributed by atoms with Crippen molar-refractivity contribution in [3.05, 3.63) is 0 Å². The van der Waals surface area contributed by atoms with Crippen LogP contribution in [0.1, 0.15) is 26.2 Å². The molecule has 0 bridgehead atoms. The van der Waals surface area contributed by atoms with Crippen LogP contribution in [0.5, 0.6) is 0 Å². The van der Waals surface area contributed by atoms with Crippen molar-refractivity contribution in [2.45, 2.75) is 26.2 Å². The van der Waals surface area contributed by atoms with E-state index < -0.39 is 15.8 Å². The molecule has 2 amide bonds. The lowest BCUT2D eigenvalue weighted by Crippen LogP contribution is -2.47. The van der Waals surface area contributed by atoms with Gasteiger partial charge < -0.3 is 10.2 Å². The van der Waals surface area contributed by atoms with Crippen LogP contribution in [0.3, 0.4) is 0 Å². The molecule has 2 aliphatic rings. The first-order valence-corrected chi connectivity index (χ1v) is 9.02. The molecule has 2 rings (SSSR count). The Labute approximate surface area is 119 Å². The van der Waals surface area contributed by atoms with Crippen LogP contribution in [-0.2, 0) is 19.4 Å². The summed E-state index contributed by atoms with van der Waals surface area (Å²) in [5, 5.41) is 2.78. The van der Waals surface area contributed by atoms with Crippen LogP contribution in [0.4, 0.5) is 0 Å². The van der Waals surface area contributed by atoms with Crippen molar-refractivity contribution in [1.29, 1.82) is 0 Å². The Balaban J connectivity index is 1.95. The number of carbonyl (C=O) groups is 2. The second-order valence-electron chi connectivity index (χ2n) is 5.62. The highest BCUT2D eigenvalue weighted by molar-refractivity contribution is 7.91. The molecule has 2 saturated heterocycles. The number of amides is 2. The average Bonchev–Trinajstić information content (AvgIpc) is 2.79. The van der Waals surface area contributed by atoms with Crippen LogP contribution >= 0.6 is 0 Å².